The van der Waals surface area contributed by atoms with E-state index in [0.29, 0.717) is 5.89 Å². The fourth-order valence-corrected chi connectivity index (χ4v) is 3.25. The van der Waals surface area contributed by atoms with Crippen LogP contribution in [0.15, 0.2) is 59.3 Å². The molecule has 0 aliphatic carbocycles. The van der Waals surface area contributed by atoms with E-state index in [-0.39, 0.29) is 11.8 Å². The van der Waals surface area contributed by atoms with Crippen molar-refractivity contribution in [3.05, 3.63) is 71.9 Å². The topological polar surface area (TPSA) is 72.6 Å². The van der Waals surface area contributed by atoms with E-state index in [9.17, 15) is 9.90 Å². The van der Waals surface area contributed by atoms with Gasteiger partial charge in [-0.25, -0.2) is 4.98 Å². The smallest absolute Gasteiger partial charge is 0.304 e. The number of hydrogen-bond donors (Lipinski definition) is 1. The molecular weight excluding hydrogens is 354 g/mol. The van der Waals surface area contributed by atoms with Crippen molar-refractivity contribution >= 4 is 5.97 Å². The second-order valence-electron chi connectivity index (χ2n) is 7.81. The molecule has 3 rings (SSSR count). The van der Waals surface area contributed by atoms with Crippen molar-refractivity contribution in [3.63, 3.8) is 0 Å². The number of hydrogen-bond acceptors (Lipinski definition) is 4. The first kappa shape index (κ1) is 19.7. The van der Waals surface area contributed by atoms with E-state index in [4.69, 9.17) is 9.15 Å². The lowest BCUT2D eigenvalue weighted by atomic mass is 9.84. The molecule has 28 heavy (non-hydrogen) atoms. The van der Waals surface area contributed by atoms with Crippen LogP contribution in [0.25, 0.3) is 11.1 Å². The van der Waals surface area contributed by atoms with E-state index < -0.39 is 11.9 Å². The fraction of sp³-hybridized carbons (Fsp3) is 0.304. The molecule has 5 heteroatoms. The standard InChI is InChI=1S/C23H25NO4/c1-23(2,3)17-8-9-20(27-4)18(13-17)15-6-5-7-16(12-15)19(14-21(25)26)22-24-10-11-28-22/h5-13,19H,14H2,1-4H3,(H,25,26). The highest BCUT2D eigenvalue weighted by Crippen LogP contribution is 2.37. The van der Waals surface area contributed by atoms with Gasteiger partial charge in [0.2, 0.25) is 5.89 Å². The van der Waals surface area contributed by atoms with E-state index >= 15 is 0 Å². The van der Waals surface area contributed by atoms with Crippen LogP contribution in [0, 0.1) is 0 Å². The second kappa shape index (κ2) is 7.89. The third-order valence-electron chi connectivity index (χ3n) is 4.79. The van der Waals surface area contributed by atoms with Crippen LogP contribution in [0.1, 0.15) is 50.1 Å². The molecule has 0 saturated heterocycles. The van der Waals surface area contributed by atoms with Crippen molar-refractivity contribution in [1.82, 2.24) is 4.98 Å². The van der Waals surface area contributed by atoms with Crippen LogP contribution in [0.2, 0.25) is 0 Å². The monoisotopic (exact) mass is 379 g/mol. The summed E-state index contributed by atoms with van der Waals surface area (Å²) >= 11 is 0. The zero-order chi connectivity index (χ0) is 20.3. The first-order valence-corrected chi connectivity index (χ1v) is 9.19. The molecule has 2 aromatic carbocycles. The van der Waals surface area contributed by atoms with Crippen molar-refractivity contribution in [1.29, 1.82) is 0 Å². The van der Waals surface area contributed by atoms with E-state index in [0.717, 1.165) is 22.4 Å². The van der Waals surface area contributed by atoms with Crippen LogP contribution < -0.4 is 4.74 Å². The summed E-state index contributed by atoms with van der Waals surface area (Å²) in [6, 6.07) is 14.0. The van der Waals surface area contributed by atoms with Gasteiger partial charge in [-0.2, -0.15) is 0 Å². The normalized spacial score (nSPS) is 12.6. The summed E-state index contributed by atoms with van der Waals surface area (Å²) < 4.78 is 11.0. The molecule has 0 saturated carbocycles. The van der Waals surface area contributed by atoms with Crippen LogP contribution in [-0.4, -0.2) is 23.2 Å². The number of methoxy groups -OCH3 is 1. The summed E-state index contributed by atoms with van der Waals surface area (Å²) in [5.74, 6) is -0.184. The number of oxazole rings is 1. The lowest BCUT2D eigenvalue weighted by Gasteiger charge is -2.21. The van der Waals surface area contributed by atoms with Gasteiger partial charge < -0.3 is 14.3 Å². The lowest BCUT2D eigenvalue weighted by molar-refractivity contribution is -0.137. The first-order valence-electron chi connectivity index (χ1n) is 9.19. The molecule has 0 radical (unpaired) electrons. The summed E-state index contributed by atoms with van der Waals surface area (Å²) in [5, 5.41) is 9.35. The summed E-state index contributed by atoms with van der Waals surface area (Å²) in [6.07, 6.45) is 2.90. The van der Waals surface area contributed by atoms with E-state index in [1.165, 1.54) is 18.0 Å². The molecular formula is C23H25NO4. The van der Waals surface area contributed by atoms with Gasteiger partial charge in [0, 0.05) is 5.56 Å². The Morgan fingerprint density at radius 1 is 1.21 bits per heavy atom. The molecule has 0 bridgehead atoms. The zero-order valence-corrected chi connectivity index (χ0v) is 16.6. The number of carboxylic acid groups (broad SMARTS) is 1. The van der Waals surface area contributed by atoms with Gasteiger partial charge in [0.25, 0.3) is 0 Å². The Bertz CT molecular complexity index is 955. The number of nitrogens with zero attached hydrogens (tertiary/aromatic N) is 1. The third-order valence-corrected chi connectivity index (χ3v) is 4.79. The highest BCUT2D eigenvalue weighted by Gasteiger charge is 2.23. The van der Waals surface area contributed by atoms with Crippen LogP contribution in [-0.2, 0) is 10.2 Å². The Morgan fingerprint density at radius 2 is 2.00 bits per heavy atom. The Labute approximate surface area is 165 Å². The largest absolute Gasteiger partial charge is 0.496 e. The highest BCUT2D eigenvalue weighted by atomic mass is 16.5. The van der Waals surface area contributed by atoms with Crippen molar-refractivity contribution in [2.24, 2.45) is 0 Å². The number of aliphatic carboxylic acids is 1. The number of carbonyl (C=O) groups is 1. The Hall–Kier alpha value is -3.08. The van der Waals surface area contributed by atoms with Gasteiger partial charge in [0.05, 0.1) is 25.6 Å². The van der Waals surface area contributed by atoms with Crippen LogP contribution in [0.3, 0.4) is 0 Å². The predicted octanol–water partition coefficient (Wildman–Crippen LogP) is 5.25. The maximum atomic E-state index is 11.4. The quantitative estimate of drug-likeness (QED) is 0.633. The number of ether oxygens (including phenoxy) is 1. The third kappa shape index (κ3) is 4.25. The summed E-state index contributed by atoms with van der Waals surface area (Å²) in [7, 11) is 1.65. The van der Waals surface area contributed by atoms with Crippen LogP contribution >= 0.6 is 0 Å². The molecule has 0 aliphatic rings. The number of aromatic nitrogens is 1. The van der Waals surface area contributed by atoms with Gasteiger partial charge in [0.15, 0.2) is 0 Å². The number of carboxylic acids is 1. The van der Waals surface area contributed by atoms with Gasteiger partial charge >= 0.3 is 5.97 Å². The molecule has 1 unspecified atom stereocenters. The summed E-state index contributed by atoms with van der Waals surface area (Å²) in [6.45, 7) is 6.50. The summed E-state index contributed by atoms with van der Waals surface area (Å²) in [5.41, 5.74) is 3.97. The number of benzene rings is 2. The Morgan fingerprint density at radius 3 is 2.61 bits per heavy atom. The Balaban J connectivity index is 2.09. The maximum Gasteiger partial charge on any atom is 0.304 e. The van der Waals surface area contributed by atoms with Crippen molar-refractivity contribution in [2.45, 2.75) is 38.5 Å². The molecule has 0 spiro atoms. The van der Waals surface area contributed by atoms with Crippen molar-refractivity contribution < 1.29 is 19.1 Å². The molecule has 146 valence electrons. The first-order chi connectivity index (χ1) is 13.3. The number of rotatable bonds is 6. The van der Waals surface area contributed by atoms with E-state index in [2.05, 4.69) is 37.9 Å². The average Bonchev–Trinajstić information content (AvgIpc) is 3.19. The maximum absolute atomic E-state index is 11.4. The zero-order valence-electron chi connectivity index (χ0n) is 16.6. The SMILES string of the molecule is COc1ccc(C(C)(C)C)cc1-c1cccc(C(CC(=O)O)c2ncco2)c1. The van der Waals surface area contributed by atoms with Crippen LogP contribution in [0.4, 0.5) is 0 Å². The summed E-state index contributed by atoms with van der Waals surface area (Å²) in [4.78, 5) is 15.6. The predicted molar refractivity (Wildman–Crippen MR) is 108 cm³/mol. The molecule has 1 aromatic heterocycles. The molecule has 3 aromatic rings. The van der Waals surface area contributed by atoms with Crippen molar-refractivity contribution in [2.75, 3.05) is 7.11 Å². The Kier molecular flexibility index (Phi) is 5.54. The molecule has 0 amide bonds. The molecule has 0 fully saturated rings. The van der Waals surface area contributed by atoms with E-state index in [1.807, 2.05) is 30.3 Å². The minimum absolute atomic E-state index is 0.00254. The van der Waals surface area contributed by atoms with Crippen LogP contribution in [0.5, 0.6) is 5.75 Å². The molecule has 1 N–H and O–H groups in total. The van der Waals surface area contributed by atoms with E-state index in [1.54, 1.807) is 7.11 Å². The molecule has 1 heterocycles. The highest BCUT2D eigenvalue weighted by molar-refractivity contribution is 5.73. The van der Waals surface area contributed by atoms with Gasteiger partial charge in [0.1, 0.15) is 12.0 Å². The van der Waals surface area contributed by atoms with Gasteiger partial charge in [-0.05, 0) is 34.2 Å². The van der Waals surface area contributed by atoms with Gasteiger partial charge in [-0.3, -0.25) is 4.79 Å². The minimum Gasteiger partial charge on any atom is -0.496 e. The average molecular weight is 379 g/mol. The van der Waals surface area contributed by atoms with Gasteiger partial charge in [-0.15, -0.1) is 0 Å². The lowest BCUT2D eigenvalue weighted by Crippen LogP contribution is -2.11. The van der Waals surface area contributed by atoms with Gasteiger partial charge in [-0.1, -0.05) is 51.1 Å². The molecule has 5 nitrogen and oxygen atoms in total. The molecule has 1 atom stereocenters. The fourth-order valence-electron chi connectivity index (χ4n) is 3.25. The van der Waals surface area contributed by atoms with Crippen molar-refractivity contribution in [3.8, 4) is 16.9 Å². The second-order valence-corrected chi connectivity index (χ2v) is 7.81. The minimum atomic E-state index is -0.902. The molecule has 0 aliphatic heterocycles.